The number of aromatic nitrogens is 3. The van der Waals surface area contributed by atoms with Gasteiger partial charge >= 0.3 is 0 Å². The van der Waals surface area contributed by atoms with Gasteiger partial charge in [0.2, 0.25) is 0 Å². The van der Waals surface area contributed by atoms with E-state index in [4.69, 9.17) is 0 Å². The Hall–Kier alpha value is -3.21. The average molecular weight is 318 g/mol. The standard InChI is InChI=1S/C19H15FN4/c1-24-18(13-7-9-14(20)10-8-13)22-16-11-12-17(23-19(16)24)21-15-5-3-2-4-6-15/h2-12H,1H3,(H,21,23). The molecule has 0 radical (unpaired) electrons. The number of hydrogen-bond donors (Lipinski definition) is 1. The van der Waals surface area contributed by atoms with Crippen LogP contribution >= 0.6 is 0 Å². The predicted molar refractivity (Wildman–Crippen MR) is 93.6 cm³/mol. The zero-order valence-corrected chi connectivity index (χ0v) is 13.1. The van der Waals surface area contributed by atoms with Gasteiger partial charge in [0.25, 0.3) is 0 Å². The molecule has 4 aromatic rings. The lowest BCUT2D eigenvalue weighted by molar-refractivity contribution is 0.628. The fraction of sp³-hybridized carbons (Fsp3) is 0.0526. The van der Waals surface area contributed by atoms with E-state index in [1.165, 1.54) is 12.1 Å². The lowest BCUT2D eigenvalue weighted by atomic mass is 10.2. The number of halogens is 1. The van der Waals surface area contributed by atoms with Crippen molar-refractivity contribution >= 4 is 22.7 Å². The van der Waals surface area contributed by atoms with Crippen LogP contribution in [-0.2, 0) is 7.05 Å². The van der Waals surface area contributed by atoms with Gasteiger partial charge in [-0.05, 0) is 48.5 Å². The number of fused-ring (bicyclic) bond motifs is 1. The van der Waals surface area contributed by atoms with Gasteiger partial charge in [0.15, 0.2) is 5.65 Å². The van der Waals surface area contributed by atoms with Crippen LogP contribution in [0, 0.1) is 5.82 Å². The second-order valence-electron chi connectivity index (χ2n) is 5.53. The molecular weight excluding hydrogens is 303 g/mol. The fourth-order valence-electron chi connectivity index (χ4n) is 2.66. The van der Waals surface area contributed by atoms with E-state index in [9.17, 15) is 4.39 Å². The summed E-state index contributed by atoms with van der Waals surface area (Å²) in [5, 5.41) is 3.28. The molecule has 0 fully saturated rings. The molecule has 0 aliphatic rings. The molecule has 0 spiro atoms. The van der Waals surface area contributed by atoms with Crippen molar-refractivity contribution in [3.05, 3.63) is 72.5 Å². The second-order valence-corrected chi connectivity index (χ2v) is 5.53. The van der Waals surface area contributed by atoms with Gasteiger partial charge in [-0.3, -0.25) is 0 Å². The van der Waals surface area contributed by atoms with Crippen LogP contribution in [0.5, 0.6) is 0 Å². The highest BCUT2D eigenvalue weighted by Gasteiger charge is 2.11. The van der Waals surface area contributed by atoms with Gasteiger partial charge in [0.05, 0.1) is 0 Å². The van der Waals surface area contributed by atoms with Crippen LogP contribution in [0.25, 0.3) is 22.6 Å². The first-order valence-corrected chi connectivity index (χ1v) is 7.62. The summed E-state index contributed by atoms with van der Waals surface area (Å²) in [5.41, 5.74) is 3.41. The maximum absolute atomic E-state index is 13.1. The molecular formula is C19H15FN4. The molecule has 0 saturated heterocycles. The minimum Gasteiger partial charge on any atom is -0.340 e. The average Bonchev–Trinajstić information content (AvgIpc) is 2.93. The van der Waals surface area contributed by atoms with Crippen molar-refractivity contribution in [1.82, 2.24) is 14.5 Å². The number of pyridine rings is 1. The molecule has 0 bridgehead atoms. The second kappa shape index (κ2) is 5.77. The van der Waals surface area contributed by atoms with Gasteiger partial charge in [-0.15, -0.1) is 0 Å². The van der Waals surface area contributed by atoms with Crippen LogP contribution in [0.2, 0.25) is 0 Å². The third-order valence-corrected chi connectivity index (χ3v) is 3.86. The maximum Gasteiger partial charge on any atom is 0.162 e. The number of para-hydroxylation sites is 1. The molecule has 0 aliphatic heterocycles. The van der Waals surface area contributed by atoms with E-state index >= 15 is 0 Å². The van der Waals surface area contributed by atoms with Crippen LogP contribution in [0.15, 0.2) is 66.7 Å². The van der Waals surface area contributed by atoms with E-state index in [1.807, 2.05) is 54.1 Å². The van der Waals surface area contributed by atoms with E-state index in [-0.39, 0.29) is 5.82 Å². The van der Waals surface area contributed by atoms with Gasteiger partial charge < -0.3 is 9.88 Å². The van der Waals surface area contributed by atoms with E-state index < -0.39 is 0 Å². The molecule has 0 unspecified atom stereocenters. The molecule has 2 heterocycles. The third kappa shape index (κ3) is 2.60. The van der Waals surface area contributed by atoms with Gasteiger partial charge in [-0.25, -0.2) is 14.4 Å². The van der Waals surface area contributed by atoms with Crippen LogP contribution in [0.3, 0.4) is 0 Å². The molecule has 5 heteroatoms. The molecule has 2 aromatic carbocycles. The highest BCUT2D eigenvalue weighted by atomic mass is 19.1. The van der Waals surface area contributed by atoms with Crippen LogP contribution in [0.4, 0.5) is 15.9 Å². The van der Waals surface area contributed by atoms with Crippen LogP contribution in [0.1, 0.15) is 0 Å². The largest absolute Gasteiger partial charge is 0.340 e. The van der Waals surface area contributed by atoms with Gasteiger partial charge in [-0.1, -0.05) is 18.2 Å². The zero-order valence-electron chi connectivity index (χ0n) is 13.1. The topological polar surface area (TPSA) is 42.7 Å². The normalized spacial score (nSPS) is 10.9. The fourth-order valence-corrected chi connectivity index (χ4v) is 2.66. The lowest BCUT2D eigenvalue weighted by Gasteiger charge is -2.06. The first-order chi connectivity index (χ1) is 11.7. The van der Waals surface area contributed by atoms with Crippen LogP contribution in [-0.4, -0.2) is 14.5 Å². The number of nitrogens with zero attached hydrogens (tertiary/aromatic N) is 3. The van der Waals surface area contributed by atoms with E-state index in [0.717, 1.165) is 34.1 Å². The zero-order chi connectivity index (χ0) is 16.5. The van der Waals surface area contributed by atoms with Crippen LogP contribution < -0.4 is 5.32 Å². The number of benzene rings is 2. The van der Waals surface area contributed by atoms with E-state index in [0.29, 0.717) is 0 Å². The number of rotatable bonds is 3. The Kier molecular flexibility index (Phi) is 3.46. The number of anilines is 2. The smallest absolute Gasteiger partial charge is 0.162 e. The van der Waals surface area contributed by atoms with Crippen molar-refractivity contribution in [1.29, 1.82) is 0 Å². The molecule has 0 atom stereocenters. The molecule has 24 heavy (non-hydrogen) atoms. The van der Waals surface area contributed by atoms with Gasteiger partial charge in [0, 0.05) is 18.3 Å². The first kappa shape index (κ1) is 14.4. The predicted octanol–water partition coefficient (Wildman–Crippen LogP) is 4.52. The number of hydrogen-bond acceptors (Lipinski definition) is 3. The Morgan fingerprint density at radius 2 is 1.62 bits per heavy atom. The Morgan fingerprint density at radius 1 is 0.875 bits per heavy atom. The molecule has 118 valence electrons. The summed E-state index contributed by atoms with van der Waals surface area (Å²) in [6.07, 6.45) is 0. The van der Waals surface area contributed by atoms with Gasteiger partial charge in [-0.2, -0.15) is 0 Å². The summed E-state index contributed by atoms with van der Waals surface area (Å²) in [4.78, 5) is 9.26. The van der Waals surface area contributed by atoms with Crippen molar-refractivity contribution in [2.75, 3.05) is 5.32 Å². The Morgan fingerprint density at radius 3 is 2.38 bits per heavy atom. The first-order valence-electron chi connectivity index (χ1n) is 7.62. The summed E-state index contributed by atoms with van der Waals surface area (Å²) in [7, 11) is 1.91. The number of nitrogens with one attached hydrogen (secondary N) is 1. The van der Waals surface area contributed by atoms with Crippen molar-refractivity contribution < 1.29 is 4.39 Å². The number of aryl methyl sites for hydroxylation is 1. The molecule has 0 saturated carbocycles. The van der Waals surface area contributed by atoms with E-state index in [1.54, 1.807) is 12.1 Å². The summed E-state index contributed by atoms with van der Waals surface area (Å²) >= 11 is 0. The highest BCUT2D eigenvalue weighted by Crippen LogP contribution is 2.24. The summed E-state index contributed by atoms with van der Waals surface area (Å²) in [5.74, 6) is 1.25. The van der Waals surface area contributed by atoms with Gasteiger partial charge in [0.1, 0.15) is 23.0 Å². The molecule has 0 aliphatic carbocycles. The minimum absolute atomic E-state index is 0.259. The van der Waals surface area contributed by atoms with Crippen molar-refractivity contribution in [2.24, 2.45) is 7.05 Å². The molecule has 0 amide bonds. The Balaban J connectivity index is 1.74. The molecule has 1 N–H and O–H groups in total. The van der Waals surface area contributed by atoms with Crippen molar-refractivity contribution in [3.8, 4) is 11.4 Å². The van der Waals surface area contributed by atoms with Crippen molar-refractivity contribution in [2.45, 2.75) is 0 Å². The minimum atomic E-state index is -0.259. The molecule has 4 rings (SSSR count). The summed E-state index contributed by atoms with van der Waals surface area (Å²) in [6, 6.07) is 20.0. The monoisotopic (exact) mass is 318 g/mol. The van der Waals surface area contributed by atoms with E-state index in [2.05, 4.69) is 15.3 Å². The molecule has 2 aromatic heterocycles. The lowest BCUT2D eigenvalue weighted by Crippen LogP contribution is -1.97. The Labute approximate surface area is 138 Å². The number of imidazole rings is 1. The quantitative estimate of drug-likeness (QED) is 0.604. The third-order valence-electron chi connectivity index (χ3n) is 3.86. The molecule has 4 nitrogen and oxygen atoms in total. The summed E-state index contributed by atoms with van der Waals surface area (Å²) < 4.78 is 15.0. The highest BCUT2D eigenvalue weighted by molar-refractivity contribution is 5.79. The maximum atomic E-state index is 13.1. The van der Waals surface area contributed by atoms with Crippen molar-refractivity contribution in [3.63, 3.8) is 0 Å². The SMILES string of the molecule is Cn1c(-c2ccc(F)cc2)nc2ccc(Nc3ccccc3)nc21. The summed E-state index contributed by atoms with van der Waals surface area (Å²) in [6.45, 7) is 0. The Bertz CT molecular complexity index is 991.